The van der Waals surface area contributed by atoms with Gasteiger partial charge in [0.25, 0.3) is 0 Å². The second-order valence-electron chi connectivity index (χ2n) is 5.81. The number of alkyl halides is 1. The molecular weight excluding hydrogens is 418 g/mol. The molecule has 0 unspecified atom stereocenters. The summed E-state index contributed by atoms with van der Waals surface area (Å²) < 4.78 is 31.8. The lowest BCUT2D eigenvalue weighted by Crippen LogP contribution is -2.44. The van der Waals surface area contributed by atoms with Crippen LogP contribution in [0.4, 0.5) is 0 Å². The summed E-state index contributed by atoms with van der Waals surface area (Å²) >= 11 is 9.41. The van der Waals surface area contributed by atoms with Crippen LogP contribution in [0.1, 0.15) is 32.8 Å². The standard InChI is InChI=1S/C16H23BrClNO4S/c1-5-23-16(20)15(8-11(2)3)19(4)24(21,22)13-7-6-12(10-17)14(18)9-13/h6-7,9,11,15H,5,8,10H2,1-4H3/t15-/m0/s1. The molecular formula is C16H23BrClNO4S. The summed E-state index contributed by atoms with van der Waals surface area (Å²) in [5.74, 6) is -0.406. The van der Waals surface area contributed by atoms with E-state index < -0.39 is 22.0 Å². The van der Waals surface area contributed by atoms with Crippen molar-refractivity contribution in [2.45, 2.75) is 43.5 Å². The summed E-state index contributed by atoms with van der Waals surface area (Å²) in [7, 11) is -2.47. The molecule has 0 aliphatic heterocycles. The van der Waals surface area contributed by atoms with Gasteiger partial charge in [-0.15, -0.1) is 0 Å². The minimum Gasteiger partial charge on any atom is -0.465 e. The van der Waals surface area contributed by atoms with E-state index in [4.69, 9.17) is 16.3 Å². The molecule has 1 atom stereocenters. The summed E-state index contributed by atoms with van der Waals surface area (Å²) in [4.78, 5) is 12.3. The molecule has 0 amide bonds. The SMILES string of the molecule is CCOC(=O)[C@H](CC(C)C)N(C)S(=O)(=O)c1ccc(CBr)c(Cl)c1. The Bertz CT molecular complexity index is 679. The largest absolute Gasteiger partial charge is 0.465 e. The molecule has 0 N–H and O–H groups in total. The van der Waals surface area contributed by atoms with Crippen molar-refractivity contribution < 1.29 is 17.9 Å². The summed E-state index contributed by atoms with van der Waals surface area (Å²) in [5, 5.41) is 0.888. The van der Waals surface area contributed by atoms with Crippen LogP contribution in [-0.4, -0.2) is 38.4 Å². The average Bonchev–Trinajstić information content (AvgIpc) is 2.51. The highest BCUT2D eigenvalue weighted by Gasteiger charge is 2.34. The molecule has 1 aromatic rings. The maximum Gasteiger partial charge on any atom is 0.324 e. The third-order valence-electron chi connectivity index (χ3n) is 3.54. The molecule has 0 bridgehead atoms. The number of ether oxygens (including phenoxy) is 1. The van der Waals surface area contributed by atoms with E-state index in [9.17, 15) is 13.2 Å². The van der Waals surface area contributed by atoms with Gasteiger partial charge < -0.3 is 4.74 Å². The minimum absolute atomic E-state index is 0.0535. The summed E-state index contributed by atoms with van der Waals surface area (Å²) in [6.45, 7) is 5.74. The van der Waals surface area contributed by atoms with Crippen LogP contribution >= 0.6 is 27.5 Å². The molecule has 1 aromatic carbocycles. The number of sulfonamides is 1. The smallest absolute Gasteiger partial charge is 0.324 e. The number of carbonyl (C=O) groups is 1. The van der Waals surface area contributed by atoms with E-state index in [0.717, 1.165) is 9.87 Å². The van der Waals surface area contributed by atoms with Gasteiger partial charge in [-0.05, 0) is 37.0 Å². The molecule has 0 spiro atoms. The summed E-state index contributed by atoms with van der Waals surface area (Å²) in [5.41, 5.74) is 0.794. The molecule has 0 saturated carbocycles. The van der Waals surface area contributed by atoms with E-state index >= 15 is 0 Å². The van der Waals surface area contributed by atoms with E-state index in [1.54, 1.807) is 13.0 Å². The molecule has 0 fully saturated rings. The number of halogens is 2. The molecule has 0 aliphatic carbocycles. The van der Waals surface area contributed by atoms with Gasteiger partial charge >= 0.3 is 5.97 Å². The molecule has 24 heavy (non-hydrogen) atoms. The molecule has 0 aromatic heterocycles. The quantitative estimate of drug-likeness (QED) is 0.455. The number of esters is 1. The molecule has 1 rings (SSSR count). The first-order valence-electron chi connectivity index (χ1n) is 7.64. The van der Waals surface area contributed by atoms with Gasteiger partial charge in [0.15, 0.2) is 0 Å². The van der Waals surface area contributed by atoms with Crippen molar-refractivity contribution in [1.82, 2.24) is 4.31 Å². The first-order valence-corrected chi connectivity index (χ1v) is 10.6. The Labute approximate surface area is 157 Å². The Hall–Kier alpha value is -0.630. The van der Waals surface area contributed by atoms with Crippen LogP contribution in [0.15, 0.2) is 23.1 Å². The summed E-state index contributed by atoms with van der Waals surface area (Å²) in [6.07, 6.45) is 0.377. The zero-order chi connectivity index (χ0) is 18.5. The highest BCUT2D eigenvalue weighted by atomic mass is 79.9. The Balaban J connectivity index is 3.21. The van der Waals surface area contributed by atoms with Crippen molar-refractivity contribution >= 4 is 43.5 Å². The van der Waals surface area contributed by atoms with Gasteiger partial charge in [0.1, 0.15) is 6.04 Å². The van der Waals surface area contributed by atoms with Crippen molar-refractivity contribution in [1.29, 1.82) is 0 Å². The second kappa shape index (κ2) is 9.17. The molecule has 0 heterocycles. The lowest BCUT2D eigenvalue weighted by atomic mass is 10.0. The Morgan fingerprint density at radius 2 is 2.00 bits per heavy atom. The Morgan fingerprint density at radius 3 is 2.46 bits per heavy atom. The highest BCUT2D eigenvalue weighted by molar-refractivity contribution is 9.08. The molecule has 5 nitrogen and oxygen atoms in total. The fourth-order valence-electron chi connectivity index (χ4n) is 2.21. The average molecular weight is 441 g/mol. The lowest BCUT2D eigenvalue weighted by molar-refractivity contribution is -0.147. The van der Waals surface area contributed by atoms with Crippen molar-refractivity contribution in [2.75, 3.05) is 13.7 Å². The Morgan fingerprint density at radius 1 is 1.38 bits per heavy atom. The molecule has 0 saturated heterocycles. The number of hydrogen-bond acceptors (Lipinski definition) is 4. The number of rotatable bonds is 8. The molecule has 0 aliphatic rings. The number of nitrogens with zero attached hydrogens (tertiary/aromatic N) is 1. The van der Waals surface area contributed by atoms with E-state index in [1.807, 2.05) is 13.8 Å². The zero-order valence-corrected chi connectivity index (χ0v) is 17.4. The number of benzene rings is 1. The van der Waals surface area contributed by atoms with Crippen molar-refractivity contribution in [3.8, 4) is 0 Å². The number of hydrogen-bond donors (Lipinski definition) is 0. The van der Waals surface area contributed by atoms with Crippen LogP contribution in [0.2, 0.25) is 5.02 Å². The van der Waals surface area contributed by atoms with Crippen molar-refractivity contribution in [3.63, 3.8) is 0 Å². The highest BCUT2D eigenvalue weighted by Crippen LogP contribution is 2.26. The predicted molar refractivity (Wildman–Crippen MR) is 98.9 cm³/mol. The first-order chi connectivity index (χ1) is 11.1. The van der Waals surface area contributed by atoms with Gasteiger partial charge in [-0.25, -0.2) is 8.42 Å². The third-order valence-corrected chi connectivity index (χ3v) is 6.36. The second-order valence-corrected chi connectivity index (χ2v) is 8.77. The Kier molecular flexibility index (Phi) is 8.19. The zero-order valence-electron chi connectivity index (χ0n) is 14.3. The fraction of sp³-hybridized carbons (Fsp3) is 0.562. The van der Waals surface area contributed by atoms with Crippen LogP contribution in [0, 0.1) is 5.92 Å². The maximum absolute atomic E-state index is 12.9. The predicted octanol–water partition coefficient (Wildman–Crippen LogP) is 3.83. The van der Waals surface area contributed by atoms with Crippen LogP contribution in [0.3, 0.4) is 0 Å². The van der Waals surface area contributed by atoms with Crippen LogP contribution < -0.4 is 0 Å². The van der Waals surface area contributed by atoms with E-state index in [-0.39, 0.29) is 17.4 Å². The summed E-state index contributed by atoms with van der Waals surface area (Å²) in [6, 6.07) is 3.68. The van der Waals surface area contributed by atoms with Crippen molar-refractivity contribution in [3.05, 3.63) is 28.8 Å². The molecule has 8 heteroatoms. The molecule has 0 radical (unpaired) electrons. The third kappa shape index (κ3) is 5.18. The van der Waals surface area contributed by atoms with E-state index in [2.05, 4.69) is 15.9 Å². The van der Waals surface area contributed by atoms with Gasteiger partial charge in [0, 0.05) is 17.4 Å². The van der Waals surface area contributed by atoms with Crippen LogP contribution in [-0.2, 0) is 24.9 Å². The number of likely N-dealkylation sites (N-methyl/N-ethyl adjacent to an activating group) is 1. The van der Waals surface area contributed by atoms with Crippen LogP contribution in [0.5, 0.6) is 0 Å². The van der Waals surface area contributed by atoms with Crippen molar-refractivity contribution in [2.24, 2.45) is 5.92 Å². The van der Waals surface area contributed by atoms with Gasteiger partial charge in [0.05, 0.1) is 11.5 Å². The molecule has 136 valence electrons. The normalized spacial score (nSPS) is 13.3. The fourth-order valence-corrected chi connectivity index (χ4v) is 4.52. The topological polar surface area (TPSA) is 63.7 Å². The van der Waals surface area contributed by atoms with Gasteiger partial charge in [-0.3, -0.25) is 4.79 Å². The van der Waals surface area contributed by atoms with E-state index in [0.29, 0.717) is 16.8 Å². The minimum atomic E-state index is -3.86. The van der Waals surface area contributed by atoms with Crippen LogP contribution in [0.25, 0.3) is 0 Å². The van der Waals surface area contributed by atoms with Gasteiger partial charge in [0.2, 0.25) is 10.0 Å². The van der Waals surface area contributed by atoms with E-state index in [1.165, 1.54) is 19.2 Å². The maximum atomic E-state index is 12.9. The monoisotopic (exact) mass is 439 g/mol. The first kappa shape index (κ1) is 21.4. The number of carbonyl (C=O) groups excluding carboxylic acids is 1. The lowest BCUT2D eigenvalue weighted by Gasteiger charge is -2.27. The van der Waals surface area contributed by atoms with Gasteiger partial charge in [-0.1, -0.05) is 47.4 Å². The van der Waals surface area contributed by atoms with Gasteiger partial charge in [-0.2, -0.15) is 4.31 Å².